The summed E-state index contributed by atoms with van der Waals surface area (Å²) in [5, 5.41) is 5.84. The van der Waals surface area contributed by atoms with Crippen molar-refractivity contribution in [1.82, 2.24) is 15.5 Å². The third-order valence-electron chi connectivity index (χ3n) is 3.59. The lowest BCUT2D eigenvalue weighted by Gasteiger charge is -2.35. The number of piperazine rings is 1. The number of nitrogens with zero attached hydrogens (tertiary/aromatic N) is 1. The van der Waals surface area contributed by atoms with Gasteiger partial charge in [0.15, 0.2) is 0 Å². The maximum atomic E-state index is 13.4. The zero-order valence-corrected chi connectivity index (χ0v) is 12.3. The van der Waals surface area contributed by atoms with Crippen molar-refractivity contribution in [3.63, 3.8) is 0 Å². The van der Waals surface area contributed by atoms with Crippen molar-refractivity contribution < 1.29 is 14.0 Å². The third kappa shape index (κ3) is 3.39. The van der Waals surface area contributed by atoms with Gasteiger partial charge in [0.1, 0.15) is 11.9 Å². The molecule has 114 valence electrons. The van der Waals surface area contributed by atoms with Crippen LogP contribution in [0.4, 0.5) is 4.39 Å². The summed E-state index contributed by atoms with van der Waals surface area (Å²) < 4.78 is 13.4. The lowest BCUT2D eigenvalue weighted by atomic mass is 10.0. The average molecular weight is 293 g/mol. The molecular formula is C15H20FN3O2. The maximum absolute atomic E-state index is 13.4. The molecule has 0 saturated carbocycles. The van der Waals surface area contributed by atoms with E-state index < -0.39 is 11.9 Å². The minimum atomic E-state index is -0.561. The molecule has 0 spiro atoms. The second-order valence-electron chi connectivity index (χ2n) is 5.07. The topological polar surface area (TPSA) is 61.4 Å². The van der Waals surface area contributed by atoms with E-state index in [-0.39, 0.29) is 11.8 Å². The smallest absolute Gasteiger partial charge is 0.255 e. The number of amides is 2. The van der Waals surface area contributed by atoms with E-state index in [0.29, 0.717) is 37.3 Å². The van der Waals surface area contributed by atoms with E-state index in [9.17, 15) is 14.0 Å². The van der Waals surface area contributed by atoms with Gasteiger partial charge < -0.3 is 15.5 Å². The molecule has 0 radical (unpaired) electrons. The van der Waals surface area contributed by atoms with Gasteiger partial charge in [0.2, 0.25) is 5.91 Å². The lowest BCUT2D eigenvalue weighted by Crippen LogP contribution is -2.59. The normalized spacial score (nSPS) is 18.4. The fourth-order valence-corrected chi connectivity index (χ4v) is 2.45. The molecule has 0 aromatic heterocycles. The van der Waals surface area contributed by atoms with Gasteiger partial charge in [0.05, 0.1) is 0 Å². The van der Waals surface area contributed by atoms with Crippen LogP contribution in [-0.2, 0) is 4.79 Å². The first kappa shape index (κ1) is 15.4. The first-order chi connectivity index (χ1) is 10.0. The summed E-state index contributed by atoms with van der Waals surface area (Å²) in [4.78, 5) is 26.2. The van der Waals surface area contributed by atoms with Crippen molar-refractivity contribution in [1.29, 1.82) is 0 Å². The minimum absolute atomic E-state index is 0.188. The third-order valence-corrected chi connectivity index (χ3v) is 3.59. The Morgan fingerprint density at radius 1 is 1.48 bits per heavy atom. The molecule has 6 heteroatoms. The largest absolute Gasteiger partial charge is 0.355 e. The van der Waals surface area contributed by atoms with Crippen LogP contribution in [0.5, 0.6) is 0 Å². The van der Waals surface area contributed by atoms with Gasteiger partial charge in [0, 0.05) is 31.7 Å². The minimum Gasteiger partial charge on any atom is -0.355 e. The Hall–Kier alpha value is -1.95. The first-order valence-electron chi connectivity index (χ1n) is 7.10. The molecule has 1 aliphatic rings. The highest BCUT2D eigenvalue weighted by Gasteiger charge is 2.32. The molecule has 2 rings (SSSR count). The van der Waals surface area contributed by atoms with Crippen molar-refractivity contribution in [3.05, 3.63) is 35.1 Å². The van der Waals surface area contributed by atoms with Crippen LogP contribution in [0.3, 0.4) is 0 Å². The van der Waals surface area contributed by atoms with Crippen molar-refractivity contribution >= 4 is 11.8 Å². The highest BCUT2D eigenvalue weighted by molar-refractivity contribution is 5.98. The molecule has 1 aliphatic heterocycles. The quantitative estimate of drug-likeness (QED) is 0.862. The fraction of sp³-hybridized carbons (Fsp3) is 0.467. The summed E-state index contributed by atoms with van der Waals surface area (Å²) in [5.74, 6) is -0.939. The number of carbonyl (C=O) groups excluding carboxylic acids is 2. The van der Waals surface area contributed by atoms with Gasteiger partial charge in [-0.1, -0.05) is 6.07 Å². The van der Waals surface area contributed by atoms with E-state index in [1.165, 1.54) is 17.0 Å². The Bertz CT molecular complexity index is 548. The van der Waals surface area contributed by atoms with Crippen molar-refractivity contribution in [2.24, 2.45) is 0 Å². The predicted octanol–water partition coefficient (Wildman–Crippen LogP) is 0.684. The number of rotatable bonds is 3. The number of hydrogen-bond donors (Lipinski definition) is 2. The molecule has 0 bridgehead atoms. The van der Waals surface area contributed by atoms with Crippen LogP contribution in [0, 0.1) is 12.7 Å². The van der Waals surface area contributed by atoms with Gasteiger partial charge in [-0.05, 0) is 31.5 Å². The van der Waals surface area contributed by atoms with Crippen LogP contribution in [0.2, 0.25) is 0 Å². The monoisotopic (exact) mass is 293 g/mol. The maximum Gasteiger partial charge on any atom is 0.255 e. The fourth-order valence-electron chi connectivity index (χ4n) is 2.45. The summed E-state index contributed by atoms with van der Waals surface area (Å²) in [5.41, 5.74) is 1.01. The van der Waals surface area contributed by atoms with Crippen LogP contribution in [0.25, 0.3) is 0 Å². The van der Waals surface area contributed by atoms with Crippen LogP contribution < -0.4 is 10.6 Å². The first-order valence-corrected chi connectivity index (χ1v) is 7.10. The number of nitrogens with one attached hydrogen (secondary N) is 2. The Morgan fingerprint density at radius 3 is 2.95 bits per heavy atom. The van der Waals surface area contributed by atoms with Crippen LogP contribution in [-0.4, -0.2) is 48.9 Å². The molecule has 1 saturated heterocycles. The Kier molecular flexibility index (Phi) is 4.90. The number of carbonyl (C=O) groups is 2. The molecule has 21 heavy (non-hydrogen) atoms. The highest BCUT2D eigenvalue weighted by atomic mass is 19.1. The number of hydrogen-bond acceptors (Lipinski definition) is 3. The van der Waals surface area contributed by atoms with Gasteiger partial charge in [-0.3, -0.25) is 9.59 Å². The summed E-state index contributed by atoms with van der Waals surface area (Å²) in [6, 6.07) is 3.57. The summed E-state index contributed by atoms with van der Waals surface area (Å²) in [7, 11) is 0. The Labute approximate surface area is 123 Å². The number of halogens is 1. The average Bonchev–Trinajstić information content (AvgIpc) is 2.49. The summed E-state index contributed by atoms with van der Waals surface area (Å²) >= 11 is 0. The van der Waals surface area contributed by atoms with Gasteiger partial charge in [-0.25, -0.2) is 4.39 Å². The van der Waals surface area contributed by atoms with Gasteiger partial charge in [-0.2, -0.15) is 0 Å². The highest BCUT2D eigenvalue weighted by Crippen LogP contribution is 2.16. The second kappa shape index (κ2) is 6.67. The molecule has 1 aromatic rings. The SMILES string of the molecule is CCNC(=O)C1CNCCN1C(=O)c1cc(F)ccc1C. The Balaban J connectivity index is 2.26. The zero-order chi connectivity index (χ0) is 15.4. The van der Waals surface area contributed by atoms with E-state index in [0.717, 1.165) is 0 Å². The zero-order valence-electron chi connectivity index (χ0n) is 12.3. The van der Waals surface area contributed by atoms with Crippen LogP contribution >= 0.6 is 0 Å². The molecule has 1 fully saturated rings. The van der Waals surface area contributed by atoms with E-state index >= 15 is 0 Å². The molecule has 1 atom stereocenters. The molecule has 1 heterocycles. The van der Waals surface area contributed by atoms with E-state index in [1.807, 2.05) is 6.92 Å². The lowest BCUT2D eigenvalue weighted by molar-refractivity contribution is -0.126. The molecule has 1 unspecified atom stereocenters. The van der Waals surface area contributed by atoms with Crippen LogP contribution in [0.15, 0.2) is 18.2 Å². The molecule has 2 amide bonds. The van der Waals surface area contributed by atoms with Crippen molar-refractivity contribution in [2.45, 2.75) is 19.9 Å². The van der Waals surface area contributed by atoms with E-state index in [2.05, 4.69) is 10.6 Å². The van der Waals surface area contributed by atoms with Crippen LogP contribution in [0.1, 0.15) is 22.8 Å². The van der Waals surface area contributed by atoms with Gasteiger partial charge in [0.25, 0.3) is 5.91 Å². The molecule has 0 aliphatic carbocycles. The van der Waals surface area contributed by atoms with Crippen molar-refractivity contribution in [3.8, 4) is 0 Å². The molecule has 1 aromatic carbocycles. The standard InChI is InChI=1S/C15H20FN3O2/c1-3-18-14(20)13-9-17-6-7-19(13)15(21)12-8-11(16)5-4-10(12)2/h4-5,8,13,17H,3,6-7,9H2,1-2H3,(H,18,20). The Morgan fingerprint density at radius 2 is 2.24 bits per heavy atom. The van der Waals surface area contributed by atoms with Gasteiger partial charge >= 0.3 is 0 Å². The predicted molar refractivity (Wildman–Crippen MR) is 77.5 cm³/mol. The molecular weight excluding hydrogens is 273 g/mol. The van der Waals surface area contributed by atoms with Crippen molar-refractivity contribution in [2.75, 3.05) is 26.2 Å². The summed E-state index contributed by atoms with van der Waals surface area (Å²) in [6.07, 6.45) is 0. The number of aryl methyl sites for hydroxylation is 1. The molecule has 2 N–H and O–H groups in total. The molecule has 5 nitrogen and oxygen atoms in total. The van der Waals surface area contributed by atoms with Gasteiger partial charge in [-0.15, -0.1) is 0 Å². The summed E-state index contributed by atoms with van der Waals surface area (Å²) in [6.45, 7) is 5.56. The number of benzene rings is 1. The second-order valence-corrected chi connectivity index (χ2v) is 5.07. The number of likely N-dealkylation sites (N-methyl/N-ethyl adjacent to an activating group) is 1. The van der Waals surface area contributed by atoms with E-state index in [4.69, 9.17) is 0 Å². The van der Waals surface area contributed by atoms with E-state index in [1.54, 1.807) is 13.0 Å².